The molecule has 0 radical (unpaired) electrons. The number of hydrogen-bond acceptors (Lipinski definition) is 4. The molecule has 3 nitrogen and oxygen atoms in total. The van der Waals surface area contributed by atoms with Crippen LogP contribution in [0, 0.1) is 0 Å². The van der Waals surface area contributed by atoms with Crippen LogP contribution in [0.3, 0.4) is 0 Å². The van der Waals surface area contributed by atoms with E-state index in [2.05, 4.69) is 15.9 Å². The Balaban J connectivity index is 2.07. The zero-order valence-corrected chi connectivity index (χ0v) is 11.3. The van der Waals surface area contributed by atoms with Crippen LogP contribution in [-0.2, 0) is 11.3 Å². The van der Waals surface area contributed by atoms with Gasteiger partial charge in [-0.05, 0) is 29.6 Å². The summed E-state index contributed by atoms with van der Waals surface area (Å²) in [5, 5.41) is 1.94. The van der Waals surface area contributed by atoms with Crippen molar-refractivity contribution in [1.29, 1.82) is 0 Å². The second-order valence-corrected chi connectivity index (χ2v) is 5.33. The minimum absolute atomic E-state index is 0.280. The smallest absolute Gasteiger partial charge is 0.340 e. The van der Waals surface area contributed by atoms with Gasteiger partial charge in [-0.15, -0.1) is 11.3 Å². The van der Waals surface area contributed by atoms with Gasteiger partial charge in [-0.25, -0.2) is 4.79 Å². The lowest BCUT2D eigenvalue weighted by atomic mass is 10.2. The van der Waals surface area contributed by atoms with Gasteiger partial charge >= 0.3 is 5.97 Å². The highest BCUT2D eigenvalue weighted by Crippen LogP contribution is 2.20. The first-order valence-corrected chi connectivity index (χ1v) is 6.58. The number of hydrogen-bond donors (Lipinski definition) is 1. The van der Waals surface area contributed by atoms with Gasteiger partial charge in [0.05, 0.1) is 5.56 Å². The predicted molar refractivity (Wildman–Crippen MR) is 72.0 cm³/mol. The van der Waals surface area contributed by atoms with E-state index in [1.807, 2.05) is 17.5 Å². The zero-order valence-electron chi connectivity index (χ0n) is 8.85. The van der Waals surface area contributed by atoms with Gasteiger partial charge in [0.2, 0.25) is 0 Å². The summed E-state index contributed by atoms with van der Waals surface area (Å²) in [5.41, 5.74) is 6.53. The maximum absolute atomic E-state index is 11.8. The van der Waals surface area contributed by atoms with Crippen LogP contribution in [0.1, 0.15) is 15.2 Å². The third-order valence-corrected chi connectivity index (χ3v) is 3.50. The van der Waals surface area contributed by atoms with Gasteiger partial charge in [0, 0.05) is 15.0 Å². The topological polar surface area (TPSA) is 52.3 Å². The Morgan fingerprint density at radius 1 is 1.41 bits per heavy atom. The fraction of sp³-hybridized carbons (Fsp3) is 0.0833. The van der Waals surface area contributed by atoms with Crippen LogP contribution in [0.25, 0.3) is 0 Å². The van der Waals surface area contributed by atoms with Crippen molar-refractivity contribution in [3.63, 3.8) is 0 Å². The molecule has 2 rings (SSSR count). The Kier molecular flexibility index (Phi) is 3.81. The van der Waals surface area contributed by atoms with Gasteiger partial charge in [0.15, 0.2) is 0 Å². The lowest BCUT2D eigenvalue weighted by molar-refractivity contribution is 0.0478. The highest BCUT2D eigenvalue weighted by Gasteiger charge is 2.12. The number of benzene rings is 1. The molecule has 0 aliphatic heterocycles. The monoisotopic (exact) mass is 311 g/mol. The molecule has 1 aromatic heterocycles. The van der Waals surface area contributed by atoms with Crippen molar-refractivity contribution >= 4 is 38.9 Å². The van der Waals surface area contributed by atoms with Gasteiger partial charge in [-0.2, -0.15) is 0 Å². The van der Waals surface area contributed by atoms with Gasteiger partial charge in [-0.1, -0.05) is 22.0 Å². The molecule has 0 saturated carbocycles. The molecule has 5 heteroatoms. The molecule has 1 heterocycles. The average Bonchev–Trinajstić information content (AvgIpc) is 2.82. The Morgan fingerprint density at radius 2 is 2.24 bits per heavy atom. The maximum atomic E-state index is 11.8. The summed E-state index contributed by atoms with van der Waals surface area (Å²) in [6.07, 6.45) is 0. The van der Waals surface area contributed by atoms with E-state index in [1.54, 1.807) is 29.5 Å². The summed E-state index contributed by atoms with van der Waals surface area (Å²) >= 11 is 4.84. The Morgan fingerprint density at radius 3 is 2.94 bits per heavy atom. The van der Waals surface area contributed by atoms with Gasteiger partial charge in [0.1, 0.15) is 6.61 Å². The van der Waals surface area contributed by atoms with E-state index in [1.165, 1.54) is 0 Å². The van der Waals surface area contributed by atoms with E-state index >= 15 is 0 Å². The van der Waals surface area contributed by atoms with Crippen LogP contribution in [0.15, 0.2) is 40.2 Å². The number of esters is 1. The fourth-order valence-corrected chi connectivity index (χ4v) is 2.29. The van der Waals surface area contributed by atoms with E-state index in [0.717, 1.165) is 9.35 Å². The molecule has 0 bridgehead atoms. The first-order valence-electron chi connectivity index (χ1n) is 4.91. The molecule has 2 N–H and O–H groups in total. The number of nitrogens with two attached hydrogens (primary N) is 1. The third kappa shape index (κ3) is 3.08. The van der Waals surface area contributed by atoms with Gasteiger partial charge < -0.3 is 10.5 Å². The molecule has 0 unspecified atom stereocenters. The van der Waals surface area contributed by atoms with Crippen molar-refractivity contribution < 1.29 is 9.53 Å². The van der Waals surface area contributed by atoms with E-state index in [4.69, 9.17) is 10.5 Å². The molecule has 0 fully saturated rings. The summed E-state index contributed by atoms with van der Waals surface area (Å²) in [7, 11) is 0. The van der Waals surface area contributed by atoms with Crippen LogP contribution in [0.4, 0.5) is 5.69 Å². The van der Waals surface area contributed by atoms with Crippen molar-refractivity contribution in [2.45, 2.75) is 6.61 Å². The number of halogens is 1. The molecule has 0 aliphatic carbocycles. The molecule has 1 aromatic carbocycles. The molecule has 0 amide bonds. The Labute approximate surface area is 111 Å². The van der Waals surface area contributed by atoms with Gasteiger partial charge in [-0.3, -0.25) is 0 Å². The summed E-state index contributed by atoms with van der Waals surface area (Å²) in [6.45, 7) is 0.280. The van der Waals surface area contributed by atoms with Crippen molar-refractivity contribution in [3.05, 3.63) is 50.6 Å². The largest absolute Gasteiger partial charge is 0.456 e. The Bertz CT molecular complexity index is 525. The average molecular weight is 312 g/mol. The zero-order chi connectivity index (χ0) is 12.3. The van der Waals surface area contributed by atoms with E-state index < -0.39 is 5.97 Å². The number of nitrogen functional groups attached to an aromatic ring is 1. The van der Waals surface area contributed by atoms with Crippen molar-refractivity contribution in [3.8, 4) is 0 Å². The third-order valence-electron chi connectivity index (χ3n) is 2.16. The van der Waals surface area contributed by atoms with E-state index in [0.29, 0.717) is 11.3 Å². The number of thiophene rings is 1. The number of carbonyl (C=O) groups is 1. The number of carbonyl (C=O) groups excluding carboxylic acids is 1. The molecule has 0 aliphatic rings. The summed E-state index contributed by atoms with van der Waals surface area (Å²) in [6, 6.07) is 8.95. The van der Waals surface area contributed by atoms with E-state index in [-0.39, 0.29) is 6.61 Å². The van der Waals surface area contributed by atoms with Crippen molar-refractivity contribution in [2.24, 2.45) is 0 Å². The summed E-state index contributed by atoms with van der Waals surface area (Å²) < 4.78 is 5.98. The molecule has 88 valence electrons. The fourth-order valence-electron chi connectivity index (χ4n) is 1.31. The molecule has 2 aromatic rings. The second-order valence-electron chi connectivity index (χ2n) is 3.39. The van der Waals surface area contributed by atoms with Crippen LogP contribution < -0.4 is 5.73 Å². The van der Waals surface area contributed by atoms with Gasteiger partial charge in [0.25, 0.3) is 0 Å². The number of anilines is 1. The summed E-state index contributed by atoms with van der Waals surface area (Å²) in [4.78, 5) is 12.8. The lowest BCUT2D eigenvalue weighted by Crippen LogP contribution is -2.07. The van der Waals surface area contributed by atoms with Crippen LogP contribution in [0.5, 0.6) is 0 Å². The van der Waals surface area contributed by atoms with Crippen LogP contribution in [-0.4, -0.2) is 5.97 Å². The minimum Gasteiger partial charge on any atom is -0.456 e. The normalized spacial score (nSPS) is 10.2. The summed E-state index contributed by atoms with van der Waals surface area (Å²) in [5.74, 6) is -0.405. The van der Waals surface area contributed by atoms with Crippen LogP contribution in [0.2, 0.25) is 0 Å². The highest BCUT2D eigenvalue weighted by atomic mass is 79.9. The first-order chi connectivity index (χ1) is 8.16. The highest BCUT2D eigenvalue weighted by molar-refractivity contribution is 9.10. The number of ether oxygens (including phenoxy) is 1. The van der Waals surface area contributed by atoms with Crippen molar-refractivity contribution in [2.75, 3.05) is 5.73 Å². The second kappa shape index (κ2) is 5.33. The molecule has 0 atom stereocenters. The molecule has 0 saturated heterocycles. The lowest BCUT2D eigenvalue weighted by Gasteiger charge is -2.06. The molecular weight excluding hydrogens is 302 g/mol. The molecule has 17 heavy (non-hydrogen) atoms. The minimum atomic E-state index is -0.405. The first kappa shape index (κ1) is 12.1. The molecular formula is C12H10BrNO2S. The standard InChI is InChI=1S/C12H10BrNO2S/c13-8-3-4-11(14)10(6-8)12(15)16-7-9-2-1-5-17-9/h1-6H,7,14H2. The molecule has 0 spiro atoms. The van der Waals surface area contributed by atoms with Crippen LogP contribution >= 0.6 is 27.3 Å². The predicted octanol–water partition coefficient (Wildman–Crippen LogP) is 3.45. The maximum Gasteiger partial charge on any atom is 0.340 e. The van der Waals surface area contributed by atoms with E-state index in [9.17, 15) is 4.79 Å². The number of rotatable bonds is 3. The quantitative estimate of drug-likeness (QED) is 0.697. The Hall–Kier alpha value is -1.33. The van der Waals surface area contributed by atoms with Crippen molar-refractivity contribution in [1.82, 2.24) is 0 Å². The SMILES string of the molecule is Nc1ccc(Br)cc1C(=O)OCc1cccs1.